The third kappa shape index (κ3) is 7.28. The van der Waals surface area contributed by atoms with E-state index in [4.69, 9.17) is 5.73 Å². The van der Waals surface area contributed by atoms with Crippen LogP contribution in [0.25, 0.3) is 0 Å². The first kappa shape index (κ1) is 18.1. The fraction of sp³-hybridized carbons (Fsp3) is 0.538. The number of rotatable bonds is 6. The Morgan fingerprint density at radius 3 is 2.21 bits per heavy atom. The highest BCUT2D eigenvalue weighted by atomic mass is 35.5. The minimum absolute atomic E-state index is 0. The third-order valence-electron chi connectivity index (χ3n) is 2.66. The van der Waals surface area contributed by atoms with Gasteiger partial charge < -0.3 is 10.5 Å². The maximum atomic E-state index is 12.0. The average Bonchev–Trinajstić information content (AvgIpc) is 2.28. The molecule has 6 heteroatoms. The van der Waals surface area contributed by atoms with Gasteiger partial charge in [0, 0.05) is 6.04 Å². The van der Waals surface area contributed by atoms with E-state index in [-0.39, 0.29) is 24.2 Å². The van der Waals surface area contributed by atoms with E-state index in [0.29, 0.717) is 0 Å². The molecule has 0 bridgehead atoms. The lowest BCUT2D eigenvalue weighted by Crippen LogP contribution is -2.17. The smallest absolute Gasteiger partial charge is 0.406 e. The standard InChI is InChI=1S/C13H18F3NO.ClH/c1-2-3-4-5-12(17)10-6-8-11(9-7-10)18-13(14,15)16;/h6-9,12H,2-5,17H2,1H3;1H/t12-;/m0./s1. The number of halogens is 4. The summed E-state index contributed by atoms with van der Waals surface area (Å²) in [7, 11) is 0. The predicted molar refractivity (Wildman–Crippen MR) is 71.4 cm³/mol. The molecule has 0 amide bonds. The van der Waals surface area contributed by atoms with Crippen molar-refractivity contribution in [1.29, 1.82) is 0 Å². The maximum Gasteiger partial charge on any atom is 0.573 e. The lowest BCUT2D eigenvalue weighted by atomic mass is 10.0. The molecule has 1 atom stereocenters. The highest BCUT2D eigenvalue weighted by Gasteiger charge is 2.30. The second kappa shape index (κ2) is 8.27. The Morgan fingerprint density at radius 1 is 1.16 bits per heavy atom. The first-order chi connectivity index (χ1) is 8.42. The van der Waals surface area contributed by atoms with Crippen molar-refractivity contribution in [3.8, 4) is 5.75 Å². The van der Waals surface area contributed by atoms with Crippen molar-refractivity contribution >= 4 is 12.4 Å². The summed E-state index contributed by atoms with van der Waals surface area (Å²) in [6, 6.07) is 5.62. The monoisotopic (exact) mass is 297 g/mol. The molecule has 0 radical (unpaired) electrons. The van der Waals surface area contributed by atoms with Gasteiger partial charge in [-0.25, -0.2) is 0 Å². The molecule has 0 aliphatic rings. The van der Waals surface area contributed by atoms with Crippen molar-refractivity contribution in [2.75, 3.05) is 0 Å². The fourth-order valence-corrected chi connectivity index (χ4v) is 1.70. The number of alkyl halides is 3. The molecule has 1 aromatic carbocycles. The van der Waals surface area contributed by atoms with Gasteiger partial charge in [-0.2, -0.15) is 0 Å². The van der Waals surface area contributed by atoms with E-state index < -0.39 is 6.36 Å². The number of nitrogens with two attached hydrogens (primary N) is 1. The average molecular weight is 298 g/mol. The predicted octanol–water partition coefficient (Wildman–Crippen LogP) is 4.59. The van der Waals surface area contributed by atoms with Crippen LogP contribution in [0, 0.1) is 0 Å². The van der Waals surface area contributed by atoms with Crippen LogP contribution >= 0.6 is 12.4 Å². The van der Waals surface area contributed by atoms with Gasteiger partial charge in [0.1, 0.15) is 5.75 Å². The summed E-state index contributed by atoms with van der Waals surface area (Å²) in [5, 5.41) is 0. The quantitative estimate of drug-likeness (QED) is 0.780. The first-order valence-corrected chi connectivity index (χ1v) is 6.03. The SMILES string of the molecule is CCCCC[C@H](N)c1ccc(OC(F)(F)F)cc1.Cl. The van der Waals surface area contributed by atoms with Crippen LogP contribution in [-0.2, 0) is 0 Å². The van der Waals surface area contributed by atoms with E-state index in [2.05, 4.69) is 11.7 Å². The first-order valence-electron chi connectivity index (χ1n) is 6.03. The second-order valence-electron chi connectivity index (χ2n) is 4.22. The molecule has 1 aromatic rings. The Labute approximate surface area is 117 Å². The Kier molecular flexibility index (Phi) is 7.87. The van der Waals surface area contributed by atoms with Gasteiger partial charge in [-0.3, -0.25) is 0 Å². The Bertz CT molecular complexity index is 354. The molecule has 0 aromatic heterocycles. The van der Waals surface area contributed by atoms with Crippen molar-refractivity contribution in [2.45, 2.75) is 45.0 Å². The summed E-state index contributed by atoms with van der Waals surface area (Å²) in [4.78, 5) is 0. The van der Waals surface area contributed by atoms with Gasteiger partial charge in [0.15, 0.2) is 0 Å². The minimum atomic E-state index is -4.65. The van der Waals surface area contributed by atoms with Crippen LogP contribution in [0.15, 0.2) is 24.3 Å². The van der Waals surface area contributed by atoms with Crippen molar-refractivity contribution in [1.82, 2.24) is 0 Å². The lowest BCUT2D eigenvalue weighted by molar-refractivity contribution is -0.274. The van der Waals surface area contributed by atoms with E-state index >= 15 is 0 Å². The van der Waals surface area contributed by atoms with Crippen molar-refractivity contribution < 1.29 is 17.9 Å². The molecule has 0 aliphatic heterocycles. The molecule has 19 heavy (non-hydrogen) atoms. The van der Waals surface area contributed by atoms with Gasteiger partial charge in [-0.05, 0) is 24.1 Å². The number of unbranched alkanes of at least 4 members (excludes halogenated alkanes) is 2. The second-order valence-corrected chi connectivity index (χ2v) is 4.22. The molecule has 0 fully saturated rings. The van der Waals surface area contributed by atoms with Crippen molar-refractivity contribution in [2.24, 2.45) is 5.73 Å². The number of benzene rings is 1. The van der Waals surface area contributed by atoms with Crippen LogP contribution < -0.4 is 10.5 Å². The molecule has 0 aliphatic carbocycles. The summed E-state index contributed by atoms with van der Waals surface area (Å²) in [5.74, 6) is -0.216. The summed E-state index contributed by atoms with van der Waals surface area (Å²) >= 11 is 0. The Morgan fingerprint density at radius 2 is 1.74 bits per heavy atom. The van der Waals surface area contributed by atoms with Crippen LogP contribution in [0.5, 0.6) is 5.75 Å². The molecule has 0 heterocycles. The number of hydrogen-bond donors (Lipinski definition) is 1. The highest BCUT2D eigenvalue weighted by Crippen LogP contribution is 2.25. The largest absolute Gasteiger partial charge is 0.573 e. The van der Waals surface area contributed by atoms with Gasteiger partial charge in [-0.15, -0.1) is 25.6 Å². The van der Waals surface area contributed by atoms with Gasteiger partial charge in [0.2, 0.25) is 0 Å². The van der Waals surface area contributed by atoms with Crippen LogP contribution in [0.1, 0.15) is 44.2 Å². The van der Waals surface area contributed by atoms with Crippen molar-refractivity contribution in [3.63, 3.8) is 0 Å². The van der Waals surface area contributed by atoms with Crippen LogP contribution in [0.3, 0.4) is 0 Å². The van der Waals surface area contributed by atoms with Crippen LogP contribution in [0.4, 0.5) is 13.2 Å². The highest BCUT2D eigenvalue weighted by molar-refractivity contribution is 5.85. The van der Waals surface area contributed by atoms with E-state index in [1.54, 1.807) is 12.1 Å². The number of hydrogen-bond acceptors (Lipinski definition) is 2. The lowest BCUT2D eigenvalue weighted by Gasteiger charge is -2.13. The van der Waals surface area contributed by atoms with Crippen LogP contribution in [-0.4, -0.2) is 6.36 Å². The Balaban J connectivity index is 0.00000324. The summed E-state index contributed by atoms with van der Waals surface area (Å²) in [5.41, 5.74) is 6.78. The van der Waals surface area contributed by atoms with Gasteiger partial charge in [-0.1, -0.05) is 38.3 Å². The molecule has 0 unspecified atom stereocenters. The molecule has 0 spiro atoms. The van der Waals surface area contributed by atoms with E-state index in [0.717, 1.165) is 31.2 Å². The van der Waals surface area contributed by atoms with Crippen LogP contribution in [0.2, 0.25) is 0 Å². The maximum absolute atomic E-state index is 12.0. The zero-order valence-electron chi connectivity index (χ0n) is 10.7. The van der Waals surface area contributed by atoms with E-state index in [9.17, 15) is 13.2 Å². The summed E-state index contributed by atoms with van der Waals surface area (Å²) in [6.45, 7) is 2.11. The fourth-order valence-electron chi connectivity index (χ4n) is 1.70. The molecular formula is C13H19ClF3NO. The molecular weight excluding hydrogens is 279 g/mol. The van der Waals surface area contributed by atoms with Gasteiger partial charge in [0.25, 0.3) is 0 Å². The molecule has 0 saturated heterocycles. The van der Waals surface area contributed by atoms with E-state index in [1.807, 2.05) is 0 Å². The number of ether oxygens (including phenoxy) is 1. The molecule has 110 valence electrons. The molecule has 0 saturated carbocycles. The minimum Gasteiger partial charge on any atom is -0.406 e. The Hall–Kier alpha value is -0.940. The van der Waals surface area contributed by atoms with E-state index in [1.165, 1.54) is 12.1 Å². The molecule has 1 rings (SSSR count). The zero-order chi connectivity index (χ0) is 13.6. The van der Waals surface area contributed by atoms with Crippen molar-refractivity contribution in [3.05, 3.63) is 29.8 Å². The van der Waals surface area contributed by atoms with Gasteiger partial charge >= 0.3 is 6.36 Å². The normalized spacial score (nSPS) is 12.7. The van der Waals surface area contributed by atoms with Gasteiger partial charge in [0.05, 0.1) is 0 Å². The summed E-state index contributed by atoms with van der Waals surface area (Å²) < 4.78 is 39.7. The molecule has 2 nitrogen and oxygen atoms in total. The topological polar surface area (TPSA) is 35.2 Å². The third-order valence-corrected chi connectivity index (χ3v) is 2.66. The zero-order valence-corrected chi connectivity index (χ0v) is 11.6. The molecule has 2 N–H and O–H groups in total. The summed E-state index contributed by atoms with van der Waals surface area (Å²) in [6.07, 6.45) is -0.551.